The molecule has 2 heterocycles. The summed E-state index contributed by atoms with van der Waals surface area (Å²) in [7, 11) is 0. The lowest BCUT2D eigenvalue weighted by atomic mass is 10.1. The Morgan fingerprint density at radius 3 is 2.89 bits per heavy atom. The first-order chi connectivity index (χ1) is 13.1. The van der Waals surface area contributed by atoms with E-state index in [1.165, 1.54) is 4.68 Å². The summed E-state index contributed by atoms with van der Waals surface area (Å²) in [6.07, 6.45) is 2.49. The Bertz CT molecular complexity index is 1110. The highest BCUT2D eigenvalue weighted by atomic mass is 79.9. The van der Waals surface area contributed by atoms with Gasteiger partial charge in [0.25, 0.3) is 5.56 Å². The standard InChI is InChI=1S/C20H18BrN3O3/c1-3-12(2)19-23-16-6-5-14(21)9-15(16)20(25)24(19)22-10-13-4-7-17-18(8-13)27-11-26-17/h4-10,12H,3,11H2,1-2H3/t12-/m1/s1. The first kappa shape index (κ1) is 17.7. The molecule has 6 nitrogen and oxygen atoms in total. The molecule has 2 aromatic carbocycles. The van der Waals surface area contributed by atoms with Crippen molar-refractivity contribution in [3.63, 3.8) is 0 Å². The first-order valence-corrected chi connectivity index (χ1v) is 9.52. The lowest BCUT2D eigenvalue weighted by Crippen LogP contribution is -2.23. The van der Waals surface area contributed by atoms with Crippen LogP contribution in [0.25, 0.3) is 10.9 Å². The molecule has 0 aliphatic carbocycles. The molecule has 0 saturated carbocycles. The van der Waals surface area contributed by atoms with E-state index in [0.29, 0.717) is 28.2 Å². The van der Waals surface area contributed by atoms with E-state index < -0.39 is 0 Å². The van der Waals surface area contributed by atoms with Crippen LogP contribution >= 0.6 is 15.9 Å². The van der Waals surface area contributed by atoms with Crippen molar-refractivity contribution >= 4 is 33.0 Å². The monoisotopic (exact) mass is 427 g/mol. The molecule has 1 aliphatic heterocycles. The average Bonchev–Trinajstić information content (AvgIpc) is 3.14. The summed E-state index contributed by atoms with van der Waals surface area (Å²) in [5, 5.41) is 4.98. The van der Waals surface area contributed by atoms with Crippen LogP contribution in [0.4, 0.5) is 0 Å². The van der Waals surface area contributed by atoms with Crippen LogP contribution in [0.1, 0.15) is 37.6 Å². The predicted octanol–water partition coefficient (Wildman–Crippen LogP) is 4.28. The molecule has 0 bridgehead atoms. The second kappa shape index (κ2) is 7.15. The maximum absolute atomic E-state index is 13.1. The Hall–Kier alpha value is -2.67. The van der Waals surface area contributed by atoms with Gasteiger partial charge in [0.05, 0.1) is 17.1 Å². The van der Waals surface area contributed by atoms with Crippen molar-refractivity contribution in [2.75, 3.05) is 6.79 Å². The Morgan fingerprint density at radius 2 is 2.07 bits per heavy atom. The van der Waals surface area contributed by atoms with Crippen molar-refractivity contribution in [3.8, 4) is 11.5 Å². The molecule has 1 atom stereocenters. The molecule has 0 radical (unpaired) electrons. The smallest absolute Gasteiger partial charge is 0.282 e. The van der Waals surface area contributed by atoms with E-state index in [1.54, 1.807) is 12.3 Å². The third-order valence-electron chi connectivity index (χ3n) is 4.61. The zero-order valence-corrected chi connectivity index (χ0v) is 16.6. The van der Waals surface area contributed by atoms with E-state index >= 15 is 0 Å². The van der Waals surface area contributed by atoms with Gasteiger partial charge in [0, 0.05) is 10.4 Å². The fraction of sp³-hybridized carbons (Fsp3) is 0.250. The fourth-order valence-corrected chi connectivity index (χ4v) is 3.26. The average molecular weight is 428 g/mol. The van der Waals surface area contributed by atoms with Gasteiger partial charge in [0.15, 0.2) is 11.5 Å². The largest absolute Gasteiger partial charge is 0.454 e. The molecule has 0 N–H and O–H groups in total. The van der Waals surface area contributed by atoms with Gasteiger partial charge in [-0.3, -0.25) is 4.79 Å². The normalized spacial score (nSPS) is 14.2. The number of rotatable bonds is 4. The van der Waals surface area contributed by atoms with Crippen molar-refractivity contribution in [1.82, 2.24) is 9.66 Å². The highest BCUT2D eigenvalue weighted by molar-refractivity contribution is 9.10. The zero-order valence-electron chi connectivity index (χ0n) is 15.0. The fourth-order valence-electron chi connectivity index (χ4n) is 2.90. The Kier molecular flexibility index (Phi) is 4.70. The first-order valence-electron chi connectivity index (χ1n) is 8.73. The maximum Gasteiger partial charge on any atom is 0.282 e. The lowest BCUT2D eigenvalue weighted by Gasteiger charge is -2.14. The van der Waals surface area contributed by atoms with E-state index in [4.69, 9.17) is 14.5 Å². The zero-order chi connectivity index (χ0) is 19.0. The van der Waals surface area contributed by atoms with Crippen molar-refractivity contribution in [2.24, 2.45) is 5.10 Å². The molecule has 0 spiro atoms. The van der Waals surface area contributed by atoms with Crippen LogP contribution in [-0.2, 0) is 0 Å². The summed E-state index contributed by atoms with van der Waals surface area (Å²) in [6.45, 7) is 4.32. The molecule has 27 heavy (non-hydrogen) atoms. The molecule has 7 heteroatoms. The van der Waals surface area contributed by atoms with E-state index in [9.17, 15) is 4.79 Å². The molecule has 0 unspecified atom stereocenters. The summed E-state index contributed by atoms with van der Waals surface area (Å²) in [5.74, 6) is 2.13. The van der Waals surface area contributed by atoms with E-state index in [-0.39, 0.29) is 18.3 Å². The van der Waals surface area contributed by atoms with Crippen LogP contribution in [-0.4, -0.2) is 22.7 Å². The molecule has 0 amide bonds. The van der Waals surface area contributed by atoms with Gasteiger partial charge in [-0.25, -0.2) is 4.98 Å². The van der Waals surface area contributed by atoms with Crippen LogP contribution in [0.3, 0.4) is 0 Å². The van der Waals surface area contributed by atoms with Gasteiger partial charge in [-0.15, -0.1) is 0 Å². The van der Waals surface area contributed by atoms with Gasteiger partial charge in [0.2, 0.25) is 6.79 Å². The highest BCUT2D eigenvalue weighted by Gasteiger charge is 2.16. The molecule has 0 saturated heterocycles. The quantitative estimate of drug-likeness (QED) is 0.582. The van der Waals surface area contributed by atoms with Crippen molar-refractivity contribution in [3.05, 3.63) is 62.6 Å². The summed E-state index contributed by atoms with van der Waals surface area (Å²) < 4.78 is 12.9. The maximum atomic E-state index is 13.1. The van der Waals surface area contributed by atoms with Gasteiger partial charge in [0.1, 0.15) is 5.82 Å². The third-order valence-corrected chi connectivity index (χ3v) is 5.10. The lowest BCUT2D eigenvalue weighted by molar-refractivity contribution is 0.174. The van der Waals surface area contributed by atoms with Gasteiger partial charge >= 0.3 is 0 Å². The summed E-state index contributed by atoms with van der Waals surface area (Å²) >= 11 is 3.42. The number of nitrogens with zero attached hydrogens (tertiary/aromatic N) is 3. The number of ether oxygens (including phenoxy) is 2. The number of benzene rings is 2. The molecular weight excluding hydrogens is 410 g/mol. The molecule has 138 valence electrons. The van der Waals surface area contributed by atoms with Crippen molar-refractivity contribution < 1.29 is 9.47 Å². The summed E-state index contributed by atoms with van der Waals surface area (Å²) in [6, 6.07) is 11.0. The Morgan fingerprint density at radius 1 is 1.26 bits per heavy atom. The van der Waals surface area contributed by atoms with Gasteiger partial charge in [-0.2, -0.15) is 9.78 Å². The minimum atomic E-state index is -0.186. The molecular formula is C20H18BrN3O3. The minimum Gasteiger partial charge on any atom is -0.454 e. The van der Waals surface area contributed by atoms with Gasteiger partial charge in [-0.1, -0.05) is 29.8 Å². The van der Waals surface area contributed by atoms with Crippen LogP contribution in [0.15, 0.2) is 50.8 Å². The van der Waals surface area contributed by atoms with E-state index in [2.05, 4.69) is 28.0 Å². The topological polar surface area (TPSA) is 65.7 Å². The van der Waals surface area contributed by atoms with E-state index in [1.807, 2.05) is 37.3 Å². The number of hydrogen-bond acceptors (Lipinski definition) is 5. The molecule has 3 aromatic rings. The Labute approximate surface area is 164 Å². The van der Waals surface area contributed by atoms with Crippen molar-refractivity contribution in [1.29, 1.82) is 0 Å². The van der Waals surface area contributed by atoms with Crippen LogP contribution in [0.5, 0.6) is 11.5 Å². The second-order valence-corrected chi connectivity index (χ2v) is 7.33. The molecule has 1 aliphatic rings. The number of hydrogen-bond donors (Lipinski definition) is 0. The number of halogens is 1. The summed E-state index contributed by atoms with van der Waals surface area (Å²) in [5.41, 5.74) is 1.30. The highest BCUT2D eigenvalue weighted by Crippen LogP contribution is 2.32. The molecule has 4 rings (SSSR count). The minimum absolute atomic E-state index is 0.0969. The number of aromatic nitrogens is 2. The third kappa shape index (κ3) is 3.35. The van der Waals surface area contributed by atoms with Crippen molar-refractivity contribution in [2.45, 2.75) is 26.2 Å². The Balaban J connectivity index is 1.83. The second-order valence-electron chi connectivity index (χ2n) is 6.41. The summed E-state index contributed by atoms with van der Waals surface area (Å²) in [4.78, 5) is 17.8. The van der Waals surface area contributed by atoms with Crippen LogP contribution in [0.2, 0.25) is 0 Å². The van der Waals surface area contributed by atoms with Gasteiger partial charge < -0.3 is 9.47 Å². The van der Waals surface area contributed by atoms with Crippen LogP contribution in [0, 0.1) is 0 Å². The van der Waals surface area contributed by atoms with Crippen LogP contribution < -0.4 is 15.0 Å². The molecule has 0 fully saturated rings. The molecule has 1 aromatic heterocycles. The number of fused-ring (bicyclic) bond motifs is 2. The van der Waals surface area contributed by atoms with E-state index in [0.717, 1.165) is 16.5 Å². The predicted molar refractivity (Wildman–Crippen MR) is 108 cm³/mol. The SMILES string of the molecule is CC[C@@H](C)c1nc2ccc(Br)cc2c(=O)n1N=Cc1ccc2c(c1)OCO2. The van der Waals surface area contributed by atoms with Gasteiger partial charge in [-0.05, 0) is 48.4 Å².